The third kappa shape index (κ3) is 6.42. The molecule has 1 amide bonds. The van der Waals surface area contributed by atoms with Gasteiger partial charge in [-0.15, -0.1) is 0 Å². The predicted molar refractivity (Wildman–Crippen MR) is 184 cm³/mol. The normalized spacial score (nSPS) is 18.2. The number of pyridine rings is 2. The molecule has 256 valence electrons. The zero-order chi connectivity index (χ0) is 34.4. The largest absolute Gasteiger partial charge is 0.461 e. The number of fused-ring (bicyclic) bond motifs is 3. The Morgan fingerprint density at radius 2 is 1.94 bits per heavy atom. The molecule has 13 heteroatoms. The maximum absolute atomic E-state index is 13.3. The first-order valence-corrected chi connectivity index (χ1v) is 16.7. The van der Waals surface area contributed by atoms with E-state index in [1.165, 1.54) is 34.8 Å². The summed E-state index contributed by atoms with van der Waals surface area (Å²) in [7, 11) is 1.59. The molecule has 1 fully saturated rings. The number of aromatic nitrogens is 5. The fraction of sp³-hybridized carbons (Fsp3) is 0.444. The summed E-state index contributed by atoms with van der Waals surface area (Å²) in [6.07, 6.45) is 5.39. The van der Waals surface area contributed by atoms with Crippen molar-refractivity contribution in [1.29, 1.82) is 0 Å². The first kappa shape index (κ1) is 32.5. The van der Waals surface area contributed by atoms with Gasteiger partial charge in [0.1, 0.15) is 23.9 Å². The van der Waals surface area contributed by atoms with Crippen molar-refractivity contribution in [2.75, 3.05) is 36.5 Å². The second-order valence-corrected chi connectivity index (χ2v) is 14.0. The molecule has 0 saturated carbocycles. The van der Waals surface area contributed by atoms with Gasteiger partial charge in [0.05, 0.1) is 37.1 Å². The number of rotatable bonds is 7. The lowest BCUT2D eigenvalue weighted by Gasteiger charge is -2.33. The average molecular weight is 667 g/mol. The van der Waals surface area contributed by atoms with Gasteiger partial charge >= 0.3 is 5.97 Å². The van der Waals surface area contributed by atoms with E-state index in [-0.39, 0.29) is 35.2 Å². The van der Waals surface area contributed by atoms with E-state index >= 15 is 0 Å². The molecule has 49 heavy (non-hydrogen) atoms. The highest BCUT2D eigenvalue weighted by Crippen LogP contribution is 2.40. The summed E-state index contributed by atoms with van der Waals surface area (Å²) >= 11 is 0. The monoisotopic (exact) mass is 666 g/mol. The minimum atomic E-state index is -0.404. The van der Waals surface area contributed by atoms with E-state index in [1.54, 1.807) is 36.3 Å². The number of morpholine rings is 1. The number of esters is 1. The molecule has 1 saturated heterocycles. The molecule has 0 bridgehead atoms. The van der Waals surface area contributed by atoms with Gasteiger partial charge in [-0.05, 0) is 61.1 Å². The molecule has 0 radical (unpaired) electrons. The minimum absolute atomic E-state index is 0.00211. The third-order valence-corrected chi connectivity index (χ3v) is 9.64. The van der Waals surface area contributed by atoms with Crippen LogP contribution < -0.4 is 15.8 Å². The number of amides is 1. The number of anilines is 3. The Morgan fingerprint density at radius 3 is 2.69 bits per heavy atom. The van der Waals surface area contributed by atoms with Crippen LogP contribution in [-0.4, -0.2) is 73.4 Å². The van der Waals surface area contributed by atoms with E-state index in [0.717, 1.165) is 25.9 Å². The van der Waals surface area contributed by atoms with E-state index in [1.807, 2.05) is 13.0 Å². The number of hydrogen-bond donors (Lipinski definition) is 1. The molecule has 4 aromatic rings. The lowest BCUT2D eigenvalue weighted by Crippen LogP contribution is -2.47. The summed E-state index contributed by atoms with van der Waals surface area (Å²) in [6, 6.07) is 9.18. The van der Waals surface area contributed by atoms with Crippen LogP contribution in [0.1, 0.15) is 60.6 Å². The van der Waals surface area contributed by atoms with E-state index in [4.69, 9.17) is 14.5 Å². The Bertz CT molecular complexity index is 1980. The number of carbonyl (C=O) groups is 2. The summed E-state index contributed by atoms with van der Waals surface area (Å²) in [5.74, 6) is 0.608. The summed E-state index contributed by atoms with van der Waals surface area (Å²) in [6.45, 7) is 11.8. The van der Waals surface area contributed by atoms with Crippen LogP contribution in [0.4, 0.5) is 17.3 Å². The lowest BCUT2D eigenvalue weighted by molar-refractivity contribution is -0.142. The van der Waals surface area contributed by atoms with Gasteiger partial charge < -0.3 is 29.2 Å². The first-order chi connectivity index (χ1) is 23.5. The zero-order valence-corrected chi connectivity index (χ0v) is 28.7. The van der Waals surface area contributed by atoms with E-state index < -0.39 is 5.97 Å². The molecule has 1 N–H and O–H groups in total. The molecular formula is C36H42N8O5. The molecule has 1 aliphatic carbocycles. The van der Waals surface area contributed by atoms with Crippen molar-refractivity contribution in [3.05, 3.63) is 81.2 Å². The van der Waals surface area contributed by atoms with Gasteiger partial charge in [0.25, 0.3) is 11.5 Å². The summed E-state index contributed by atoms with van der Waals surface area (Å²) in [5, 5.41) is 7.71. The Kier molecular flexibility index (Phi) is 8.47. The maximum atomic E-state index is 13.3. The maximum Gasteiger partial charge on any atom is 0.302 e. The van der Waals surface area contributed by atoms with Gasteiger partial charge in [0.15, 0.2) is 0 Å². The van der Waals surface area contributed by atoms with E-state index in [0.29, 0.717) is 60.3 Å². The van der Waals surface area contributed by atoms with Crippen LogP contribution in [0.2, 0.25) is 0 Å². The van der Waals surface area contributed by atoms with Crippen molar-refractivity contribution >= 4 is 29.2 Å². The molecule has 0 aromatic carbocycles. The minimum Gasteiger partial charge on any atom is -0.461 e. The second-order valence-electron chi connectivity index (χ2n) is 14.0. The molecule has 3 aliphatic rings. The summed E-state index contributed by atoms with van der Waals surface area (Å²) in [4.78, 5) is 51.6. The van der Waals surface area contributed by atoms with Gasteiger partial charge in [-0.25, -0.2) is 14.6 Å². The fourth-order valence-electron chi connectivity index (χ4n) is 7.25. The lowest BCUT2D eigenvalue weighted by atomic mass is 9.90. The van der Waals surface area contributed by atoms with Gasteiger partial charge in [-0.1, -0.05) is 13.8 Å². The van der Waals surface area contributed by atoms with Crippen LogP contribution >= 0.6 is 0 Å². The second kappa shape index (κ2) is 12.8. The van der Waals surface area contributed by atoms with Gasteiger partial charge in [-0.3, -0.25) is 14.4 Å². The highest BCUT2D eigenvalue weighted by Gasteiger charge is 2.34. The van der Waals surface area contributed by atoms with Crippen LogP contribution in [-0.2, 0) is 53.9 Å². The molecule has 13 nitrogen and oxygen atoms in total. The number of aryl methyl sites for hydroxylation is 1. The van der Waals surface area contributed by atoms with Crippen LogP contribution in [0, 0.1) is 5.41 Å². The molecular weight excluding hydrogens is 624 g/mol. The average Bonchev–Trinajstić information content (AvgIpc) is 3.56. The van der Waals surface area contributed by atoms with Crippen molar-refractivity contribution in [2.45, 2.75) is 66.3 Å². The van der Waals surface area contributed by atoms with E-state index in [9.17, 15) is 14.4 Å². The summed E-state index contributed by atoms with van der Waals surface area (Å²) in [5.41, 5.74) is 6.69. The third-order valence-electron chi connectivity index (χ3n) is 9.64. The van der Waals surface area contributed by atoms with Gasteiger partial charge in [-0.2, -0.15) is 5.10 Å². The van der Waals surface area contributed by atoms with Crippen molar-refractivity contribution in [1.82, 2.24) is 29.2 Å². The van der Waals surface area contributed by atoms with Crippen LogP contribution in [0.25, 0.3) is 11.3 Å². The van der Waals surface area contributed by atoms with Crippen molar-refractivity contribution in [3.63, 3.8) is 0 Å². The van der Waals surface area contributed by atoms with E-state index in [2.05, 4.69) is 44.8 Å². The number of nitrogens with zero attached hydrogens (tertiary/aromatic N) is 7. The van der Waals surface area contributed by atoms with Gasteiger partial charge in [0, 0.05) is 68.5 Å². The molecule has 0 spiro atoms. The first-order valence-electron chi connectivity index (χ1n) is 16.7. The van der Waals surface area contributed by atoms with Crippen LogP contribution in [0.5, 0.6) is 0 Å². The number of nitrogens with one attached hydrogen (secondary N) is 1. The van der Waals surface area contributed by atoms with Crippen LogP contribution in [0.3, 0.4) is 0 Å². The fourth-order valence-corrected chi connectivity index (χ4v) is 7.25. The number of hydrogen-bond acceptors (Lipinski definition) is 10. The molecule has 1 atom stereocenters. The van der Waals surface area contributed by atoms with Crippen molar-refractivity contribution in [3.8, 4) is 11.3 Å². The number of carbonyl (C=O) groups excluding carboxylic acids is 2. The quantitative estimate of drug-likeness (QED) is 0.290. The Balaban J connectivity index is 1.18. The summed E-state index contributed by atoms with van der Waals surface area (Å²) < 4.78 is 14.7. The molecule has 7 rings (SSSR count). The Labute approximate surface area is 284 Å². The number of ether oxygens (including phenoxy) is 2. The highest BCUT2D eigenvalue weighted by atomic mass is 16.5. The Hall–Kier alpha value is -5.04. The van der Waals surface area contributed by atoms with Crippen LogP contribution in [0.15, 0.2) is 47.5 Å². The van der Waals surface area contributed by atoms with Crippen molar-refractivity contribution in [2.24, 2.45) is 12.5 Å². The Morgan fingerprint density at radius 1 is 1.10 bits per heavy atom. The smallest absolute Gasteiger partial charge is 0.302 e. The molecule has 0 unspecified atom stereocenters. The van der Waals surface area contributed by atoms with Gasteiger partial charge in [0.2, 0.25) is 0 Å². The van der Waals surface area contributed by atoms with Crippen molar-refractivity contribution < 1.29 is 19.1 Å². The highest BCUT2D eigenvalue weighted by molar-refractivity contribution is 5.94. The zero-order valence-electron chi connectivity index (χ0n) is 28.7. The molecule has 2 aliphatic heterocycles. The predicted octanol–water partition coefficient (Wildman–Crippen LogP) is 3.85. The topological polar surface area (TPSA) is 137 Å². The molecule has 4 aromatic heterocycles. The molecule has 6 heterocycles. The standard InChI is InChI=1S/C36H42N8O5/c1-22-20-48-13-12-43(22)34(46)24-6-7-32(38-18-24)39-30-15-29(40-41(5)35(30)47)27-8-9-37-33(28(27)21-49-23(2)45)42-10-11-44-26(19-42)14-25-16-36(3,4)17-31(25)44/h6-9,14-15,18,22H,10-13,16-17,19-21H2,1-5H3,(H,38,39)/t22-/m1/s1. The SMILES string of the molecule is CC(=O)OCc1c(-c2cc(Nc3ccc(C(=O)N4CCOC[C@H]4C)cn3)c(=O)n(C)n2)ccnc1N1CCn2c(cc3c2CC(C)(C)C3)C1.